The second kappa shape index (κ2) is 11.1. The molecule has 0 saturated carbocycles. The van der Waals surface area contributed by atoms with Gasteiger partial charge in [0.2, 0.25) is 11.8 Å². The summed E-state index contributed by atoms with van der Waals surface area (Å²) in [6.45, 7) is 8.06. The van der Waals surface area contributed by atoms with Crippen LogP contribution in [0.15, 0.2) is 48.5 Å². The van der Waals surface area contributed by atoms with Crippen molar-refractivity contribution < 1.29 is 14.3 Å². The Balaban J connectivity index is 1.72. The summed E-state index contributed by atoms with van der Waals surface area (Å²) in [7, 11) is 0. The zero-order valence-electron chi connectivity index (χ0n) is 16.8. The highest BCUT2D eigenvalue weighted by Crippen LogP contribution is 2.14. The number of amides is 2. The lowest BCUT2D eigenvalue weighted by Crippen LogP contribution is -2.34. The van der Waals surface area contributed by atoms with Crippen molar-refractivity contribution in [3.63, 3.8) is 0 Å². The molecule has 0 aliphatic carbocycles. The third-order valence-electron chi connectivity index (χ3n) is 4.18. The first-order valence-corrected chi connectivity index (χ1v) is 9.55. The Bertz CT molecular complexity index is 775. The summed E-state index contributed by atoms with van der Waals surface area (Å²) >= 11 is 0. The van der Waals surface area contributed by atoms with Crippen LogP contribution in [-0.4, -0.2) is 43.0 Å². The topological polar surface area (TPSA) is 70.7 Å². The van der Waals surface area contributed by atoms with Crippen LogP contribution < -0.4 is 15.4 Å². The maximum absolute atomic E-state index is 12.3. The van der Waals surface area contributed by atoms with Gasteiger partial charge in [-0.3, -0.25) is 14.5 Å². The van der Waals surface area contributed by atoms with Crippen LogP contribution in [0.5, 0.6) is 5.75 Å². The normalized spacial score (nSPS) is 10.6. The highest BCUT2D eigenvalue weighted by molar-refractivity contribution is 5.93. The number of nitrogens with zero attached hydrogens (tertiary/aromatic N) is 1. The minimum Gasteiger partial charge on any atom is -0.494 e. The standard InChI is InChI=1S/C22H29N3O3/c1-4-25(13-6-14-28-21-8-5-7-17(2)15-21)16-22(27)24-20-11-9-19(10-12-20)23-18(3)26/h5,7-12,15H,4,6,13-14,16H2,1-3H3,(H,23,26)(H,24,27). The quantitative estimate of drug-likeness (QED) is 0.614. The van der Waals surface area contributed by atoms with Crippen LogP contribution in [0.1, 0.15) is 25.8 Å². The Labute approximate surface area is 166 Å². The Morgan fingerprint density at radius 1 is 1.04 bits per heavy atom. The van der Waals surface area contributed by atoms with Gasteiger partial charge in [-0.1, -0.05) is 19.1 Å². The fraction of sp³-hybridized carbons (Fsp3) is 0.364. The number of anilines is 2. The van der Waals surface area contributed by atoms with Crippen LogP contribution in [0.2, 0.25) is 0 Å². The second-order valence-corrected chi connectivity index (χ2v) is 6.69. The average Bonchev–Trinajstić information content (AvgIpc) is 2.65. The molecule has 0 spiro atoms. The summed E-state index contributed by atoms with van der Waals surface area (Å²) in [5.74, 6) is 0.694. The molecule has 2 aromatic rings. The predicted octanol–water partition coefficient (Wildman–Crippen LogP) is 3.68. The van der Waals surface area contributed by atoms with Gasteiger partial charge < -0.3 is 15.4 Å². The van der Waals surface area contributed by atoms with Gasteiger partial charge >= 0.3 is 0 Å². The van der Waals surface area contributed by atoms with Crippen molar-refractivity contribution in [2.45, 2.75) is 27.2 Å². The number of ether oxygens (including phenoxy) is 1. The summed E-state index contributed by atoms with van der Waals surface area (Å²) in [4.78, 5) is 25.4. The molecule has 6 nitrogen and oxygen atoms in total. The molecule has 0 radical (unpaired) electrons. The van der Waals surface area contributed by atoms with E-state index in [1.54, 1.807) is 24.3 Å². The predicted molar refractivity (Wildman–Crippen MR) is 113 cm³/mol. The molecule has 0 fully saturated rings. The van der Waals surface area contributed by atoms with E-state index in [1.165, 1.54) is 12.5 Å². The molecule has 0 aliphatic heterocycles. The Hall–Kier alpha value is -2.86. The van der Waals surface area contributed by atoms with Gasteiger partial charge in [-0.05, 0) is 61.9 Å². The Morgan fingerprint density at radius 3 is 2.32 bits per heavy atom. The van der Waals surface area contributed by atoms with E-state index in [0.29, 0.717) is 24.5 Å². The number of likely N-dealkylation sites (N-methyl/N-ethyl adjacent to an activating group) is 1. The van der Waals surface area contributed by atoms with Gasteiger partial charge in [-0.2, -0.15) is 0 Å². The van der Waals surface area contributed by atoms with Crippen molar-refractivity contribution in [1.82, 2.24) is 4.90 Å². The van der Waals surface area contributed by atoms with Crippen LogP contribution in [0.25, 0.3) is 0 Å². The molecule has 0 aromatic heterocycles. The first-order chi connectivity index (χ1) is 13.5. The van der Waals surface area contributed by atoms with E-state index in [2.05, 4.69) is 15.5 Å². The molecule has 0 bridgehead atoms. The summed E-state index contributed by atoms with van der Waals surface area (Å²) in [6.07, 6.45) is 0.848. The lowest BCUT2D eigenvalue weighted by molar-refractivity contribution is -0.117. The molecule has 0 saturated heterocycles. The van der Waals surface area contributed by atoms with E-state index >= 15 is 0 Å². The van der Waals surface area contributed by atoms with Crippen molar-refractivity contribution >= 4 is 23.2 Å². The van der Waals surface area contributed by atoms with Crippen LogP contribution in [-0.2, 0) is 9.59 Å². The second-order valence-electron chi connectivity index (χ2n) is 6.69. The van der Waals surface area contributed by atoms with Crippen molar-refractivity contribution in [2.75, 3.05) is 36.9 Å². The van der Waals surface area contributed by atoms with Crippen molar-refractivity contribution in [3.05, 3.63) is 54.1 Å². The van der Waals surface area contributed by atoms with Gasteiger partial charge in [-0.15, -0.1) is 0 Å². The van der Waals surface area contributed by atoms with E-state index in [9.17, 15) is 9.59 Å². The van der Waals surface area contributed by atoms with Gasteiger partial charge in [-0.25, -0.2) is 0 Å². The summed E-state index contributed by atoms with van der Waals surface area (Å²) in [6, 6.07) is 15.1. The van der Waals surface area contributed by atoms with E-state index in [1.807, 2.05) is 38.1 Å². The molecule has 150 valence electrons. The number of hydrogen-bond donors (Lipinski definition) is 2. The smallest absolute Gasteiger partial charge is 0.238 e. The molecular weight excluding hydrogens is 354 g/mol. The molecule has 0 atom stereocenters. The molecule has 2 aromatic carbocycles. The highest BCUT2D eigenvalue weighted by Gasteiger charge is 2.09. The van der Waals surface area contributed by atoms with Gasteiger partial charge in [0.25, 0.3) is 0 Å². The zero-order chi connectivity index (χ0) is 20.4. The first-order valence-electron chi connectivity index (χ1n) is 9.55. The van der Waals surface area contributed by atoms with Crippen LogP contribution in [0.3, 0.4) is 0 Å². The molecule has 0 heterocycles. The van der Waals surface area contributed by atoms with Gasteiger partial charge in [0.1, 0.15) is 5.75 Å². The maximum Gasteiger partial charge on any atom is 0.238 e. The third kappa shape index (κ3) is 7.80. The van der Waals surface area contributed by atoms with Crippen LogP contribution >= 0.6 is 0 Å². The van der Waals surface area contributed by atoms with Crippen molar-refractivity contribution in [2.24, 2.45) is 0 Å². The molecule has 28 heavy (non-hydrogen) atoms. The summed E-state index contributed by atoms with van der Waals surface area (Å²) < 4.78 is 5.76. The molecule has 0 aliphatic rings. The van der Waals surface area contributed by atoms with Gasteiger partial charge in [0.15, 0.2) is 0 Å². The average molecular weight is 383 g/mol. The molecular formula is C22H29N3O3. The number of nitrogens with one attached hydrogen (secondary N) is 2. The van der Waals surface area contributed by atoms with E-state index in [-0.39, 0.29) is 11.8 Å². The minimum atomic E-state index is -0.123. The summed E-state index contributed by atoms with van der Waals surface area (Å²) in [5.41, 5.74) is 2.58. The summed E-state index contributed by atoms with van der Waals surface area (Å²) in [5, 5.41) is 5.58. The first kappa shape index (κ1) is 21.4. The molecule has 2 N–H and O–H groups in total. The third-order valence-corrected chi connectivity index (χ3v) is 4.18. The van der Waals surface area contributed by atoms with E-state index in [4.69, 9.17) is 4.74 Å². The number of benzene rings is 2. The SMILES string of the molecule is CCN(CCCOc1cccc(C)c1)CC(=O)Nc1ccc(NC(C)=O)cc1. The monoisotopic (exact) mass is 383 g/mol. The van der Waals surface area contributed by atoms with Crippen LogP contribution in [0.4, 0.5) is 11.4 Å². The number of hydrogen-bond acceptors (Lipinski definition) is 4. The highest BCUT2D eigenvalue weighted by atomic mass is 16.5. The van der Waals surface area contributed by atoms with E-state index < -0.39 is 0 Å². The Morgan fingerprint density at radius 2 is 1.71 bits per heavy atom. The fourth-order valence-corrected chi connectivity index (χ4v) is 2.78. The number of rotatable bonds is 10. The van der Waals surface area contributed by atoms with Crippen molar-refractivity contribution in [3.8, 4) is 5.75 Å². The zero-order valence-corrected chi connectivity index (χ0v) is 16.8. The lowest BCUT2D eigenvalue weighted by atomic mass is 10.2. The lowest BCUT2D eigenvalue weighted by Gasteiger charge is -2.20. The molecule has 0 unspecified atom stereocenters. The maximum atomic E-state index is 12.3. The minimum absolute atomic E-state index is 0.0614. The fourth-order valence-electron chi connectivity index (χ4n) is 2.78. The number of carbonyl (C=O) groups is 2. The van der Waals surface area contributed by atoms with Crippen molar-refractivity contribution in [1.29, 1.82) is 0 Å². The van der Waals surface area contributed by atoms with Gasteiger partial charge in [0.05, 0.1) is 13.2 Å². The molecule has 2 rings (SSSR count). The van der Waals surface area contributed by atoms with E-state index in [0.717, 1.165) is 25.3 Å². The Kier molecular flexibility index (Phi) is 8.49. The number of aryl methyl sites for hydroxylation is 1. The van der Waals surface area contributed by atoms with Crippen LogP contribution in [0, 0.1) is 6.92 Å². The largest absolute Gasteiger partial charge is 0.494 e. The molecule has 2 amide bonds. The van der Waals surface area contributed by atoms with Gasteiger partial charge in [0, 0.05) is 24.8 Å². The number of carbonyl (C=O) groups excluding carboxylic acids is 2. The molecule has 6 heteroatoms.